The van der Waals surface area contributed by atoms with Crippen LogP contribution in [0.4, 0.5) is 41.0 Å². The zero-order valence-electron chi connectivity index (χ0n) is 24.9. The minimum absolute atomic E-state index is 0.00469. The van der Waals surface area contributed by atoms with Gasteiger partial charge in [0, 0.05) is 12.4 Å². The van der Waals surface area contributed by atoms with Gasteiger partial charge in [0.05, 0.1) is 27.0 Å². The number of hydrogen-bond donors (Lipinski definition) is 2. The molecule has 0 aliphatic carbocycles. The van der Waals surface area contributed by atoms with Crippen LogP contribution in [0.15, 0.2) is 97.3 Å². The summed E-state index contributed by atoms with van der Waals surface area (Å²) in [7, 11) is 0. The summed E-state index contributed by atoms with van der Waals surface area (Å²) < 4.78 is 92.8. The van der Waals surface area contributed by atoms with Gasteiger partial charge in [-0.15, -0.1) is 0 Å². The third kappa shape index (κ3) is 8.38. The topological polar surface area (TPSA) is 108 Å². The van der Waals surface area contributed by atoms with Crippen LogP contribution in [0, 0.1) is 34.6 Å². The van der Waals surface area contributed by atoms with Crippen molar-refractivity contribution < 1.29 is 40.3 Å². The van der Waals surface area contributed by atoms with E-state index in [9.17, 15) is 40.3 Å². The Hall–Kier alpha value is -5.92. The Morgan fingerprint density at radius 3 is 1.50 bits per heavy atom. The Morgan fingerprint density at radius 1 is 0.640 bits per heavy atom. The molecule has 0 unspecified atom stereocenters. The minimum atomic E-state index is -4.49. The second kappa shape index (κ2) is 15.1. The Kier molecular flexibility index (Phi) is 10.7. The second-order valence-electron chi connectivity index (χ2n) is 9.93. The van der Waals surface area contributed by atoms with Gasteiger partial charge in [-0.25, -0.2) is 27.5 Å². The van der Waals surface area contributed by atoms with E-state index in [0.29, 0.717) is 10.4 Å². The van der Waals surface area contributed by atoms with E-state index in [4.69, 9.17) is 5.26 Å². The van der Waals surface area contributed by atoms with Gasteiger partial charge in [0.1, 0.15) is 34.4 Å². The van der Waals surface area contributed by atoms with Gasteiger partial charge in [-0.2, -0.15) is 18.4 Å². The van der Waals surface area contributed by atoms with Gasteiger partial charge in [0.2, 0.25) is 0 Å². The summed E-state index contributed by atoms with van der Waals surface area (Å²) in [5.74, 6) is -5.88. The predicted molar refractivity (Wildman–Crippen MR) is 173 cm³/mol. The zero-order chi connectivity index (χ0) is 36.0. The number of nitriles is 1. The van der Waals surface area contributed by atoms with Crippen molar-refractivity contribution >= 4 is 44.8 Å². The van der Waals surface area contributed by atoms with Crippen LogP contribution < -0.4 is 10.6 Å². The molecule has 2 aromatic heterocycles. The summed E-state index contributed by atoms with van der Waals surface area (Å²) in [4.78, 5) is 33.0. The molecule has 50 heavy (non-hydrogen) atoms. The number of nitrogens with one attached hydrogen (secondary N) is 2. The second-order valence-corrected chi connectivity index (χ2v) is 12.0. The highest BCUT2D eigenvalue weighted by Gasteiger charge is 2.30. The molecule has 7 nitrogen and oxygen atoms in total. The molecule has 0 bridgehead atoms. The van der Waals surface area contributed by atoms with Crippen LogP contribution in [0.1, 0.15) is 31.8 Å². The van der Waals surface area contributed by atoms with Gasteiger partial charge in [0.25, 0.3) is 11.8 Å². The summed E-state index contributed by atoms with van der Waals surface area (Å²) in [6, 6.07) is 19.8. The lowest BCUT2D eigenvalue weighted by Gasteiger charge is -2.07. The van der Waals surface area contributed by atoms with Gasteiger partial charge in [-0.3, -0.25) is 20.2 Å². The lowest BCUT2D eigenvalue weighted by molar-refractivity contribution is -0.137. The van der Waals surface area contributed by atoms with Crippen molar-refractivity contribution in [3.05, 3.63) is 143 Å². The Balaban J connectivity index is 0.000000195. The molecule has 0 fully saturated rings. The molecule has 0 saturated carbocycles. The van der Waals surface area contributed by atoms with Crippen molar-refractivity contribution in [2.75, 3.05) is 10.6 Å². The van der Waals surface area contributed by atoms with Crippen molar-refractivity contribution in [3.8, 4) is 27.0 Å². The van der Waals surface area contributed by atoms with Crippen LogP contribution in [0.5, 0.6) is 0 Å². The highest BCUT2D eigenvalue weighted by atomic mass is 32.1. The molecule has 16 heteroatoms. The standard InChI is InChI=1S/C17H9F5N2OS.C17H9F2N3OS/c18-11-5-2-6-12(19)14(11)15(25)24-16-23-8-13(26-16)9-3-1-4-10(7-9)17(20,21)22;18-12-5-2-6-13(19)15(12)16(23)22-17-21-9-14(24-17)11-4-1-3-10(7-11)8-20/h1-8H,(H,23,24,25);1-7,9H,(H,21,22,23). The summed E-state index contributed by atoms with van der Waals surface area (Å²) in [5, 5.41) is 13.8. The number of carbonyl (C=O) groups excluding carboxylic acids is 2. The zero-order valence-corrected chi connectivity index (χ0v) is 26.5. The van der Waals surface area contributed by atoms with Gasteiger partial charge >= 0.3 is 6.18 Å². The number of anilines is 2. The molecule has 252 valence electrons. The normalized spacial score (nSPS) is 10.8. The molecule has 0 saturated heterocycles. The number of halogens is 7. The SMILES string of the molecule is N#Cc1cccc(-c2cnc(NC(=O)c3c(F)cccc3F)s2)c1.O=C(Nc1ncc(-c2cccc(C(F)(F)F)c2)s1)c1c(F)cccc1F. The molecule has 4 aromatic carbocycles. The van der Waals surface area contributed by atoms with Crippen molar-refractivity contribution in [3.63, 3.8) is 0 Å². The molecule has 0 radical (unpaired) electrons. The maximum atomic E-state index is 13.6. The smallest absolute Gasteiger partial charge is 0.298 e. The summed E-state index contributed by atoms with van der Waals surface area (Å²) in [6.07, 6.45) is -1.69. The first-order chi connectivity index (χ1) is 23.8. The Morgan fingerprint density at radius 2 is 1.06 bits per heavy atom. The highest BCUT2D eigenvalue weighted by molar-refractivity contribution is 7.19. The number of benzene rings is 4. The van der Waals surface area contributed by atoms with Gasteiger partial charge in [-0.1, -0.05) is 59.1 Å². The fraction of sp³-hybridized carbons (Fsp3) is 0.0294. The van der Waals surface area contributed by atoms with E-state index in [2.05, 4.69) is 20.6 Å². The molecule has 2 heterocycles. The number of aromatic nitrogens is 2. The molecular formula is C34H18F7N5O2S2. The fourth-order valence-electron chi connectivity index (χ4n) is 4.27. The maximum absolute atomic E-state index is 13.6. The molecule has 0 aliphatic heterocycles. The van der Waals surface area contributed by atoms with Crippen LogP contribution in [0.25, 0.3) is 20.9 Å². The monoisotopic (exact) mass is 725 g/mol. The van der Waals surface area contributed by atoms with Crippen molar-refractivity contribution in [2.45, 2.75) is 6.18 Å². The Labute approximate surface area is 286 Å². The number of nitrogens with zero attached hydrogens (tertiary/aromatic N) is 3. The minimum Gasteiger partial charge on any atom is -0.298 e. The van der Waals surface area contributed by atoms with E-state index in [1.54, 1.807) is 24.3 Å². The number of alkyl halides is 3. The van der Waals surface area contributed by atoms with E-state index in [0.717, 1.165) is 75.6 Å². The molecule has 0 atom stereocenters. The van der Waals surface area contributed by atoms with Crippen LogP contribution >= 0.6 is 22.7 Å². The molecule has 2 N–H and O–H groups in total. The molecule has 0 spiro atoms. The molecule has 0 aliphatic rings. The van der Waals surface area contributed by atoms with Gasteiger partial charge in [-0.05, 0) is 59.7 Å². The fourth-order valence-corrected chi connectivity index (χ4v) is 5.89. The van der Waals surface area contributed by atoms with Gasteiger partial charge in [0.15, 0.2) is 10.3 Å². The van der Waals surface area contributed by atoms with E-state index in [-0.39, 0.29) is 15.8 Å². The van der Waals surface area contributed by atoms with Crippen molar-refractivity contribution in [1.82, 2.24) is 9.97 Å². The molecule has 6 aromatic rings. The van der Waals surface area contributed by atoms with E-state index >= 15 is 0 Å². The number of thiazole rings is 2. The quantitative estimate of drug-likeness (QED) is 0.166. The van der Waals surface area contributed by atoms with Crippen molar-refractivity contribution in [1.29, 1.82) is 5.26 Å². The molecule has 6 rings (SSSR count). The van der Waals surface area contributed by atoms with Crippen LogP contribution in [0.2, 0.25) is 0 Å². The highest BCUT2D eigenvalue weighted by Crippen LogP contribution is 2.35. The van der Waals surface area contributed by atoms with E-state index in [1.165, 1.54) is 30.6 Å². The van der Waals surface area contributed by atoms with E-state index < -0.39 is 57.9 Å². The van der Waals surface area contributed by atoms with E-state index in [1.807, 2.05) is 6.07 Å². The first-order valence-corrected chi connectivity index (χ1v) is 15.6. The first kappa shape index (κ1) is 35.4. The van der Waals surface area contributed by atoms with Gasteiger partial charge < -0.3 is 0 Å². The van der Waals surface area contributed by atoms with Crippen LogP contribution in [-0.4, -0.2) is 21.8 Å². The van der Waals surface area contributed by atoms with Crippen LogP contribution in [-0.2, 0) is 6.18 Å². The number of rotatable bonds is 6. The summed E-state index contributed by atoms with van der Waals surface area (Å²) in [5.41, 5.74) is -0.703. The summed E-state index contributed by atoms with van der Waals surface area (Å²) in [6.45, 7) is 0. The maximum Gasteiger partial charge on any atom is 0.416 e. The third-order valence-electron chi connectivity index (χ3n) is 6.58. The Bertz CT molecular complexity index is 2210. The van der Waals surface area contributed by atoms with Crippen LogP contribution in [0.3, 0.4) is 0 Å². The number of hydrogen-bond acceptors (Lipinski definition) is 7. The molecular weight excluding hydrogens is 708 g/mol. The summed E-state index contributed by atoms with van der Waals surface area (Å²) >= 11 is 2.03. The lowest BCUT2D eigenvalue weighted by Crippen LogP contribution is -2.15. The number of carbonyl (C=O) groups is 2. The largest absolute Gasteiger partial charge is 0.416 e. The average Bonchev–Trinajstić information content (AvgIpc) is 3.75. The average molecular weight is 726 g/mol. The first-order valence-electron chi connectivity index (χ1n) is 13.9. The predicted octanol–water partition coefficient (Wildman–Crippen LogP) is 9.57. The molecule has 2 amide bonds. The lowest BCUT2D eigenvalue weighted by atomic mass is 10.1. The van der Waals surface area contributed by atoms with Crippen molar-refractivity contribution in [2.24, 2.45) is 0 Å². The number of amides is 2. The third-order valence-corrected chi connectivity index (χ3v) is 8.51.